The third-order valence-electron chi connectivity index (χ3n) is 4.01. The molecular weight excluding hydrogens is 256 g/mol. The van der Waals surface area contributed by atoms with Crippen molar-refractivity contribution >= 4 is 5.97 Å². The zero-order chi connectivity index (χ0) is 14.6. The number of aliphatic hydroxyl groups excluding tert-OH is 1. The molecule has 1 aromatic rings. The molecule has 1 aliphatic rings. The van der Waals surface area contributed by atoms with Gasteiger partial charge in [0.05, 0.1) is 11.5 Å². The van der Waals surface area contributed by atoms with Crippen LogP contribution in [0.5, 0.6) is 5.75 Å². The lowest BCUT2D eigenvalue weighted by molar-refractivity contribution is -0.156. The first-order valence-corrected chi connectivity index (χ1v) is 6.85. The van der Waals surface area contributed by atoms with Gasteiger partial charge in [0.2, 0.25) is 0 Å². The van der Waals surface area contributed by atoms with E-state index in [-0.39, 0.29) is 0 Å². The van der Waals surface area contributed by atoms with E-state index in [4.69, 9.17) is 4.74 Å². The maximum atomic E-state index is 11.6. The molecule has 4 nitrogen and oxygen atoms in total. The number of rotatable bonds is 6. The second-order valence-electron chi connectivity index (χ2n) is 5.24. The zero-order valence-electron chi connectivity index (χ0n) is 11.4. The van der Waals surface area contributed by atoms with Crippen LogP contribution in [-0.4, -0.2) is 22.8 Å². The lowest BCUT2D eigenvalue weighted by Gasteiger charge is -2.30. The molecule has 1 fully saturated rings. The van der Waals surface area contributed by atoms with Crippen molar-refractivity contribution in [1.82, 2.24) is 0 Å². The Morgan fingerprint density at radius 3 is 2.45 bits per heavy atom. The van der Waals surface area contributed by atoms with E-state index in [9.17, 15) is 15.0 Å². The van der Waals surface area contributed by atoms with Crippen molar-refractivity contribution in [3.63, 3.8) is 0 Å². The third kappa shape index (κ3) is 2.70. The monoisotopic (exact) mass is 276 g/mol. The number of hydrogen-bond donors (Lipinski definition) is 2. The summed E-state index contributed by atoms with van der Waals surface area (Å²) in [6.07, 6.45) is 3.43. The molecule has 1 unspecified atom stereocenters. The largest absolute Gasteiger partial charge is 0.490 e. The summed E-state index contributed by atoms with van der Waals surface area (Å²) in [6, 6.07) is 6.94. The average molecular weight is 276 g/mol. The highest BCUT2D eigenvalue weighted by atomic mass is 16.5. The van der Waals surface area contributed by atoms with E-state index < -0.39 is 17.5 Å². The summed E-state index contributed by atoms with van der Waals surface area (Å²) in [7, 11) is 0. The maximum Gasteiger partial charge on any atom is 0.312 e. The first-order chi connectivity index (χ1) is 9.60. The Bertz CT molecular complexity index is 472. The van der Waals surface area contributed by atoms with Gasteiger partial charge in [-0.1, -0.05) is 37.6 Å². The third-order valence-corrected chi connectivity index (χ3v) is 4.01. The predicted molar refractivity (Wildman–Crippen MR) is 75.6 cm³/mol. The van der Waals surface area contributed by atoms with E-state index >= 15 is 0 Å². The number of carbonyl (C=O) groups is 1. The topological polar surface area (TPSA) is 66.8 Å². The lowest BCUT2D eigenvalue weighted by Crippen LogP contribution is -2.34. The number of benzene rings is 1. The Labute approximate surface area is 118 Å². The number of aliphatic hydroxyl groups is 1. The first kappa shape index (κ1) is 14.6. The van der Waals surface area contributed by atoms with Crippen molar-refractivity contribution in [2.45, 2.75) is 31.8 Å². The minimum atomic E-state index is -1.04. The van der Waals surface area contributed by atoms with Crippen molar-refractivity contribution in [2.75, 3.05) is 6.61 Å². The Morgan fingerprint density at radius 2 is 1.95 bits per heavy atom. The second-order valence-corrected chi connectivity index (χ2v) is 5.24. The molecule has 20 heavy (non-hydrogen) atoms. The molecule has 4 heteroatoms. The Kier molecular flexibility index (Phi) is 4.45. The Hall–Kier alpha value is -1.81. The van der Waals surface area contributed by atoms with Crippen LogP contribution in [0.25, 0.3) is 0 Å². The molecule has 1 aromatic carbocycles. The molecule has 1 saturated carbocycles. The van der Waals surface area contributed by atoms with Crippen LogP contribution in [0.1, 0.15) is 37.4 Å². The van der Waals surface area contributed by atoms with E-state index in [1.165, 1.54) is 0 Å². The number of aliphatic carboxylic acids is 1. The molecular formula is C16H20O4. The van der Waals surface area contributed by atoms with Gasteiger partial charge in [0.25, 0.3) is 0 Å². The van der Waals surface area contributed by atoms with Crippen molar-refractivity contribution in [1.29, 1.82) is 0 Å². The number of ether oxygens (including phenoxy) is 1. The summed E-state index contributed by atoms with van der Waals surface area (Å²) < 4.78 is 5.37. The zero-order valence-corrected chi connectivity index (χ0v) is 11.4. The van der Waals surface area contributed by atoms with Gasteiger partial charge in [-0.25, -0.2) is 0 Å². The molecule has 0 aliphatic heterocycles. The van der Waals surface area contributed by atoms with E-state index in [0.717, 1.165) is 12.8 Å². The van der Waals surface area contributed by atoms with Crippen LogP contribution in [0.2, 0.25) is 0 Å². The smallest absolute Gasteiger partial charge is 0.312 e. The van der Waals surface area contributed by atoms with E-state index in [1.807, 2.05) is 0 Å². The summed E-state index contributed by atoms with van der Waals surface area (Å²) in [4.78, 5) is 11.6. The molecule has 2 N–H and O–H groups in total. The van der Waals surface area contributed by atoms with Crippen LogP contribution in [0.15, 0.2) is 36.9 Å². The standard InChI is InChI=1S/C16H20O4/c1-2-11-20-13-7-5-12(6-8-13)14(17)16(15(18)19)9-3-4-10-16/h2,5-8,14,17H,1,3-4,9-11H2,(H,18,19). The molecule has 2 rings (SSSR count). The fourth-order valence-electron chi connectivity index (χ4n) is 2.83. The lowest BCUT2D eigenvalue weighted by atomic mass is 9.77. The predicted octanol–water partition coefficient (Wildman–Crippen LogP) is 2.93. The highest BCUT2D eigenvalue weighted by Gasteiger charge is 2.47. The quantitative estimate of drug-likeness (QED) is 0.784. The van der Waals surface area contributed by atoms with Crippen LogP contribution < -0.4 is 4.74 Å². The van der Waals surface area contributed by atoms with Gasteiger partial charge in [0, 0.05) is 0 Å². The van der Waals surface area contributed by atoms with Crippen LogP contribution in [-0.2, 0) is 4.79 Å². The molecule has 1 aliphatic carbocycles. The van der Waals surface area contributed by atoms with Gasteiger partial charge >= 0.3 is 5.97 Å². The molecule has 0 amide bonds. The summed E-state index contributed by atoms with van der Waals surface area (Å²) >= 11 is 0. The molecule has 108 valence electrons. The van der Waals surface area contributed by atoms with Crippen LogP contribution in [0.4, 0.5) is 0 Å². The van der Waals surface area contributed by atoms with Crippen molar-refractivity contribution < 1.29 is 19.7 Å². The number of hydrogen-bond acceptors (Lipinski definition) is 3. The molecule has 0 radical (unpaired) electrons. The van der Waals surface area contributed by atoms with Crippen molar-refractivity contribution in [3.05, 3.63) is 42.5 Å². The summed E-state index contributed by atoms with van der Waals surface area (Å²) in [6.45, 7) is 3.99. The van der Waals surface area contributed by atoms with E-state index in [1.54, 1.807) is 30.3 Å². The highest BCUT2D eigenvalue weighted by Crippen LogP contribution is 2.47. The average Bonchev–Trinajstić information content (AvgIpc) is 2.96. The SMILES string of the molecule is C=CCOc1ccc(C(O)C2(C(=O)O)CCCC2)cc1. The van der Waals surface area contributed by atoms with Gasteiger partial charge in [0.15, 0.2) is 0 Å². The number of carboxylic acids is 1. The fraction of sp³-hybridized carbons (Fsp3) is 0.438. The number of carboxylic acid groups (broad SMARTS) is 1. The Morgan fingerprint density at radius 1 is 1.35 bits per heavy atom. The Balaban J connectivity index is 2.17. The minimum Gasteiger partial charge on any atom is -0.490 e. The van der Waals surface area contributed by atoms with Gasteiger partial charge in [-0.05, 0) is 30.5 Å². The molecule has 0 spiro atoms. The van der Waals surface area contributed by atoms with Gasteiger partial charge in [-0.2, -0.15) is 0 Å². The highest BCUT2D eigenvalue weighted by molar-refractivity contribution is 5.76. The molecule has 1 atom stereocenters. The summed E-state index contributed by atoms with van der Waals surface area (Å²) in [5, 5.41) is 19.9. The molecule has 0 bridgehead atoms. The van der Waals surface area contributed by atoms with Crippen LogP contribution in [0.3, 0.4) is 0 Å². The maximum absolute atomic E-state index is 11.6. The molecule has 0 heterocycles. The van der Waals surface area contributed by atoms with E-state index in [2.05, 4.69) is 6.58 Å². The van der Waals surface area contributed by atoms with Crippen molar-refractivity contribution in [2.24, 2.45) is 5.41 Å². The fourth-order valence-corrected chi connectivity index (χ4v) is 2.83. The first-order valence-electron chi connectivity index (χ1n) is 6.85. The van der Waals surface area contributed by atoms with Gasteiger partial charge in [0.1, 0.15) is 12.4 Å². The van der Waals surface area contributed by atoms with Gasteiger partial charge < -0.3 is 14.9 Å². The van der Waals surface area contributed by atoms with Gasteiger partial charge in [-0.3, -0.25) is 4.79 Å². The molecule has 0 aromatic heterocycles. The molecule has 0 saturated heterocycles. The summed E-state index contributed by atoms with van der Waals surface area (Å²) in [5.41, 5.74) is -0.413. The normalized spacial score (nSPS) is 18.4. The van der Waals surface area contributed by atoms with Gasteiger partial charge in [-0.15, -0.1) is 0 Å². The van der Waals surface area contributed by atoms with E-state index in [0.29, 0.717) is 30.8 Å². The van der Waals surface area contributed by atoms with Crippen LogP contribution in [0, 0.1) is 5.41 Å². The summed E-state index contributed by atoms with van der Waals surface area (Å²) in [5.74, 6) is -0.230. The second kappa shape index (κ2) is 6.09. The van der Waals surface area contributed by atoms with Crippen LogP contribution >= 0.6 is 0 Å². The minimum absolute atomic E-state index is 0.418. The van der Waals surface area contributed by atoms with Crippen molar-refractivity contribution in [3.8, 4) is 5.75 Å².